The average Bonchev–Trinajstić information content (AvgIpc) is 2.66. The van der Waals surface area contributed by atoms with Crippen LogP contribution >= 0.6 is 0 Å². The second-order valence-corrected chi connectivity index (χ2v) is 7.03. The normalized spacial score (nSPS) is 11.0. The fourth-order valence-electron chi connectivity index (χ4n) is 2.22. The van der Waals surface area contributed by atoms with Crippen LogP contribution in [0.2, 0.25) is 0 Å². The van der Waals surface area contributed by atoms with Crippen LogP contribution in [0, 0.1) is 0 Å². The van der Waals surface area contributed by atoms with Gasteiger partial charge in [-0.3, -0.25) is 0 Å². The molecule has 0 bridgehead atoms. The van der Waals surface area contributed by atoms with E-state index in [-0.39, 0.29) is 11.4 Å². The van der Waals surface area contributed by atoms with E-state index in [2.05, 4.69) is 4.72 Å². The first-order chi connectivity index (χ1) is 12.4. The lowest BCUT2D eigenvalue weighted by Crippen LogP contribution is -2.23. The number of methoxy groups -OCH3 is 2. The van der Waals surface area contributed by atoms with E-state index in [9.17, 15) is 13.2 Å². The topological polar surface area (TPSA) is 90.9 Å². The Balaban J connectivity index is 2.09. The molecule has 0 saturated heterocycles. The Kier molecular flexibility index (Phi) is 6.59. The van der Waals surface area contributed by atoms with Crippen LogP contribution in [0.1, 0.15) is 22.8 Å². The molecule has 2 aromatic carbocycles. The molecular formula is C18H21NO6S. The fourth-order valence-corrected chi connectivity index (χ4v) is 3.25. The number of hydrogen-bond donors (Lipinski definition) is 1. The Morgan fingerprint density at radius 3 is 2.23 bits per heavy atom. The maximum Gasteiger partial charge on any atom is 0.338 e. The first kappa shape index (κ1) is 19.7. The zero-order valence-electron chi connectivity index (χ0n) is 14.8. The molecule has 0 aromatic heterocycles. The van der Waals surface area contributed by atoms with Crippen LogP contribution in [0.3, 0.4) is 0 Å². The minimum Gasteiger partial charge on any atom is -0.493 e. The summed E-state index contributed by atoms with van der Waals surface area (Å²) in [5, 5.41) is 0. The molecule has 140 valence electrons. The molecule has 0 aliphatic carbocycles. The zero-order chi connectivity index (χ0) is 19.2. The third-order valence-electron chi connectivity index (χ3n) is 3.60. The second kappa shape index (κ2) is 8.68. The van der Waals surface area contributed by atoms with E-state index in [4.69, 9.17) is 14.2 Å². The molecular weight excluding hydrogens is 358 g/mol. The Bertz CT molecular complexity index is 862. The van der Waals surface area contributed by atoms with Gasteiger partial charge in [0, 0.05) is 12.6 Å². The smallest absolute Gasteiger partial charge is 0.338 e. The van der Waals surface area contributed by atoms with Crippen LogP contribution in [-0.2, 0) is 21.3 Å². The molecule has 0 aliphatic heterocycles. The summed E-state index contributed by atoms with van der Waals surface area (Å²) in [4.78, 5) is 11.7. The predicted octanol–water partition coefficient (Wildman–Crippen LogP) is 2.36. The van der Waals surface area contributed by atoms with Crippen LogP contribution in [0.4, 0.5) is 0 Å². The molecule has 0 spiro atoms. The van der Waals surface area contributed by atoms with Crippen LogP contribution < -0.4 is 14.2 Å². The molecule has 7 nitrogen and oxygen atoms in total. The SMILES string of the molecule is CCOC(=O)c1ccc(CNS(=O)(=O)c2ccc(OC)c(OC)c2)cc1. The summed E-state index contributed by atoms with van der Waals surface area (Å²) in [6.45, 7) is 2.11. The Morgan fingerprint density at radius 1 is 1.00 bits per heavy atom. The van der Waals surface area contributed by atoms with Crippen molar-refractivity contribution in [3.63, 3.8) is 0 Å². The van der Waals surface area contributed by atoms with Gasteiger partial charge in [-0.05, 0) is 36.8 Å². The highest BCUT2D eigenvalue weighted by Gasteiger charge is 2.17. The molecule has 0 saturated carbocycles. The Labute approximate surface area is 152 Å². The van der Waals surface area contributed by atoms with Gasteiger partial charge in [0.05, 0.1) is 31.3 Å². The van der Waals surface area contributed by atoms with Crippen LogP contribution in [0.25, 0.3) is 0 Å². The van der Waals surface area contributed by atoms with Crippen molar-refractivity contribution >= 4 is 16.0 Å². The maximum absolute atomic E-state index is 12.5. The van der Waals surface area contributed by atoms with Crippen molar-refractivity contribution in [2.24, 2.45) is 0 Å². The highest BCUT2D eigenvalue weighted by Crippen LogP contribution is 2.29. The summed E-state index contributed by atoms with van der Waals surface area (Å²) in [5.74, 6) is 0.361. The standard InChI is InChI=1S/C18H21NO6S/c1-4-25-18(20)14-7-5-13(6-8-14)12-19-26(21,22)15-9-10-16(23-2)17(11-15)24-3/h5-11,19H,4,12H2,1-3H3. The number of hydrogen-bond acceptors (Lipinski definition) is 6. The highest BCUT2D eigenvalue weighted by molar-refractivity contribution is 7.89. The van der Waals surface area contributed by atoms with E-state index >= 15 is 0 Å². The Hall–Kier alpha value is -2.58. The third kappa shape index (κ3) is 4.74. The molecule has 0 aliphatic rings. The molecule has 2 aromatic rings. The summed E-state index contributed by atoms with van der Waals surface area (Å²) in [7, 11) is -0.815. The molecule has 0 atom stereocenters. The molecule has 0 heterocycles. The van der Waals surface area contributed by atoms with Crippen molar-refractivity contribution in [3.05, 3.63) is 53.6 Å². The maximum atomic E-state index is 12.5. The van der Waals surface area contributed by atoms with Gasteiger partial charge in [0.15, 0.2) is 11.5 Å². The lowest BCUT2D eigenvalue weighted by Gasteiger charge is -2.11. The van der Waals surface area contributed by atoms with Crippen LogP contribution in [0.5, 0.6) is 11.5 Å². The number of benzene rings is 2. The van der Waals surface area contributed by atoms with Crippen molar-refractivity contribution in [1.82, 2.24) is 4.72 Å². The number of ether oxygens (including phenoxy) is 3. The largest absolute Gasteiger partial charge is 0.493 e. The number of nitrogens with one attached hydrogen (secondary N) is 1. The average molecular weight is 379 g/mol. The number of carbonyl (C=O) groups is 1. The molecule has 0 radical (unpaired) electrons. The summed E-state index contributed by atoms with van der Waals surface area (Å²) in [6, 6.07) is 10.9. The summed E-state index contributed by atoms with van der Waals surface area (Å²) < 4.78 is 42.6. The third-order valence-corrected chi connectivity index (χ3v) is 5.00. The number of esters is 1. The van der Waals surface area contributed by atoms with E-state index in [1.165, 1.54) is 32.4 Å². The molecule has 8 heteroatoms. The number of rotatable bonds is 8. The fraction of sp³-hybridized carbons (Fsp3) is 0.278. The zero-order valence-corrected chi connectivity index (χ0v) is 15.6. The summed E-state index contributed by atoms with van der Waals surface area (Å²) in [5.41, 5.74) is 1.13. The van der Waals surface area contributed by atoms with Gasteiger partial charge in [-0.2, -0.15) is 0 Å². The monoisotopic (exact) mass is 379 g/mol. The van der Waals surface area contributed by atoms with Crippen LogP contribution in [-0.4, -0.2) is 35.2 Å². The first-order valence-corrected chi connectivity index (χ1v) is 9.37. The number of carbonyl (C=O) groups excluding carboxylic acids is 1. The van der Waals surface area contributed by atoms with Crippen molar-refractivity contribution in [1.29, 1.82) is 0 Å². The minimum absolute atomic E-state index is 0.0679. The van der Waals surface area contributed by atoms with Crippen LogP contribution in [0.15, 0.2) is 47.4 Å². The van der Waals surface area contributed by atoms with E-state index in [0.29, 0.717) is 29.2 Å². The quantitative estimate of drug-likeness (QED) is 0.708. The molecule has 0 unspecified atom stereocenters. The van der Waals surface area contributed by atoms with Crippen molar-refractivity contribution < 1.29 is 27.4 Å². The van der Waals surface area contributed by atoms with Gasteiger partial charge >= 0.3 is 5.97 Å². The molecule has 26 heavy (non-hydrogen) atoms. The molecule has 2 rings (SSSR count). The summed E-state index contributed by atoms with van der Waals surface area (Å²) in [6.07, 6.45) is 0. The highest BCUT2D eigenvalue weighted by atomic mass is 32.2. The van der Waals surface area contributed by atoms with Gasteiger partial charge in [-0.15, -0.1) is 0 Å². The van der Waals surface area contributed by atoms with Gasteiger partial charge in [-0.1, -0.05) is 12.1 Å². The minimum atomic E-state index is -3.73. The number of sulfonamides is 1. The van der Waals surface area contributed by atoms with E-state index < -0.39 is 16.0 Å². The lowest BCUT2D eigenvalue weighted by molar-refractivity contribution is 0.0526. The van der Waals surface area contributed by atoms with E-state index in [0.717, 1.165) is 0 Å². The van der Waals surface area contributed by atoms with Crippen molar-refractivity contribution in [2.75, 3.05) is 20.8 Å². The van der Waals surface area contributed by atoms with Crippen molar-refractivity contribution in [3.8, 4) is 11.5 Å². The Morgan fingerprint density at radius 2 is 1.65 bits per heavy atom. The molecule has 1 N–H and O–H groups in total. The predicted molar refractivity (Wildman–Crippen MR) is 96.0 cm³/mol. The van der Waals surface area contributed by atoms with Crippen molar-refractivity contribution in [2.45, 2.75) is 18.4 Å². The second-order valence-electron chi connectivity index (χ2n) is 5.26. The van der Waals surface area contributed by atoms with Gasteiger partial charge < -0.3 is 14.2 Å². The first-order valence-electron chi connectivity index (χ1n) is 7.89. The van der Waals surface area contributed by atoms with Gasteiger partial charge in [0.2, 0.25) is 10.0 Å². The van der Waals surface area contributed by atoms with E-state index in [1.54, 1.807) is 31.2 Å². The molecule has 0 amide bonds. The lowest BCUT2D eigenvalue weighted by atomic mass is 10.1. The summed E-state index contributed by atoms with van der Waals surface area (Å²) >= 11 is 0. The molecule has 0 fully saturated rings. The van der Waals surface area contributed by atoms with Gasteiger partial charge in [0.1, 0.15) is 0 Å². The van der Waals surface area contributed by atoms with E-state index in [1.807, 2.05) is 0 Å². The van der Waals surface area contributed by atoms with Gasteiger partial charge in [0.25, 0.3) is 0 Å². The van der Waals surface area contributed by atoms with Gasteiger partial charge in [-0.25, -0.2) is 17.9 Å².